The van der Waals surface area contributed by atoms with Gasteiger partial charge in [0.2, 0.25) is 5.43 Å². The van der Waals surface area contributed by atoms with Gasteiger partial charge >= 0.3 is 5.97 Å². The second-order valence-electron chi connectivity index (χ2n) is 11.3. The number of benzene rings is 1. The zero-order valence-electron chi connectivity index (χ0n) is 23.8. The SMILES string of the molecule is CNc1cc(F)c(F)c2c1[nH]c1ncc(-c3cnc4c(c3)c(=O)c(C(=O)O)cn4NC)c(N3CCC4CN(C)CCC43)c12. The first-order valence-corrected chi connectivity index (χ1v) is 14.1. The number of nitrogens with zero attached hydrogens (tertiary/aromatic N) is 5. The van der Waals surface area contributed by atoms with Crippen molar-refractivity contribution < 1.29 is 18.7 Å². The molecule has 0 bridgehead atoms. The van der Waals surface area contributed by atoms with Gasteiger partial charge in [0.25, 0.3) is 0 Å². The van der Waals surface area contributed by atoms with Gasteiger partial charge in [-0.05, 0) is 38.4 Å². The molecule has 2 aliphatic heterocycles. The van der Waals surface area contributed by atoms with Crippen LogP contribution in [-0.2, 0) is 0 Å². The highest BCUT2D eigenvalue weighted by Crippen LogP contribution is 2.47. The number of anilines is 2. The number of nitrogens with one attached hydrogen (secondary N) is 3. The van der Waals surface area contributed by atoms with Crippen LogP contribution in [0.4, 0.5) is 20.2 Å². The fraction of sp³-hybridized carbons (Fsp3) is 0.333. The van der Waals surface area contributed by atoms with Gasteiger partial charge in [-0.15, -0.1) is 0 Å². The van der Waals surface area contributed by atoms with Gasteiger partial charge in [0.1, 0.15) is 11.2 Å². The molecule has 43 heavy (non-hydrogen) atoms. The lowest BCUT2D eigenvalue weighted by Gasteiger charge is -2.38. The number of rotatable bonds is 5. The summed E-state index contributed by atoms with van der Waals surface area (Å²) >= 11 is 0. The summed E-state index contributed by atoms with van der Waals surface area (Å²) < 4.78 is 32.1. The molecule has 5 aromatic rings. The molecular formula is C30H30F2N8O3. The van der Waals surface area contributed by atoms with Crippen LogP contribution >= 0.6 is 0 Å². The average Bonchev–Trinajstić information content (AvgIpc) is 3.60. The summed E-state index contributed by atoms with van der Waals surface area (Å²) in [5.41, 5.74) is 5.02. The van der Waals surface area contributed by atoms with Crippen LogP contribution < -0.4 is 21.1 Å². The maximum atomic E-state index is 15.7. The third kappa shape index (κ3) is 4.02. The summed E-state index contributed by atoms with van der Waals surface area (Å²) in [6, 6.07) is 2.89. The zero-order chi connectivity index (χ0) is 30.2. The van der Waals surface area contributed by atoms with Crippen molar-refractivity contribution in [2.45, 2.75) is 18.9 Å². The molecule has 222 valence electrons. The minimum atomic E-state index is -1.35. The largest absolute Gasteiger partial charge is 0.477 e. The van der Waals surface area contributed by atoms with Gasteiger partial charge in [0.05, 0.1) is 33.1 Å². The zero-order valence-corrected chi connectivity index (χ0v) is 23.8. The molecule has 1 aromatic carbocycles. The number of carbonyl (C=O) groups is 1. The monoisotopic (exact) mass is 588 g/mol. The number of aromatic carboxylic acids is 1. The molecule has 11 nitrogen and oxygen atoms in total. The minimum absolute atomic E-state index is 0.0968. The van der Waals surface area contributed by atoms with Crippen molar-refractivity contribution in [3.8, 4) is 11.1 Å². The summed E-state index contributed by atoms with van der Waals surface area (Å²) in [6.45, 7) is 2.54. The van der Waals surface area contributed by atoms with E-state index in [4.69, 9.17) is 0 Å². The lowest BCUT2D eigenvalue weighted by molar-refractivity contribution is 0.0695. The Balaban J connectivity index is 1.56. The summed E-state index contributed by atoms with van der Waals surface area (Å²) in [4.78, 5) is 42.1. The molecule has 4 aromatic heterocycles. The molecule has 4 N–H and O–H groups in total. The second-order valence-corrected chi connectivity index (χ2v) is 11.3. The fourth-order valence-electron chi connectivity index (χ4n) is 6.97. The van der Waals surface area contributed by atoms with Crippen LogP contribution in [0.2, 0.25) is 0 Å². The molecule has 2 saturated heterocycles. The second kappa shape index (κ2) is 9.90. The number of hydrogen-bond donors (Lipinski definition) is 4. The standard InChI is InChI=1S/C30H30F2N8O3/c1-33-20-9-19(31)24(32)22-23-26(39-7-4-14-12-38(3)6-5-21(14)39)17(11-35-28(23)37-25(20)22)15-8-16-27(41)18(30(42)43)13-40(34-2)29(16)36-10-15/h8-11,13-14,21,33-34H,4-7,12H2,1-3H3,(H,35,37)(H,42,43). The fourth-order valence-corrected chi connectivity index (χ4v) is 6.97. The van der Waals surface area contributed by atoms with Crippen LogP contribution in [0.25, 0.3) is 44.1 Å². The molecule has 0 radical (unpaired) electrons. The van der Waals surface area contributed by atoms with Gasteiger partial charge in [-0.1, -0.05) is 0 Å². The van der Waals surface area contributed by atoms with Crippen molar-refractivity contribution in [3.63, 3.8) is 0 Å². The number of fused-ring (bicyclic) bond motifs is 5. The van der Waals surface area contributed by atoms with E-state index in [2.05, 4.69) is 42.5 Å². The van der Waals surface area contributed by atoms with Crippen molar-refractivity contribution in [1.82, 2.24) is 24.5 Å². The number of halogens is 2. The quantitative estimate of drug-likeness (QED) is 0.242. The van der Waals surface area contributed by atoms with Crippen LogP contribution in [0.3, 0.4) is 0 Å². The Morgan fingerprint density at radius 2 is 1.93 bits per heavy atom. The number of hydrogen-bond acceptors (Lipinski definition) is 8. The molecule has 0 spiro atoms. The van der Waals surface area contributed by atoms with E-state index < -0.39 is 28.6 Å². The topological polar surface area (TPSA) is 131 Å². The summed E-state index contributed by atoms with van der Waals surface area (Å²) in [6.07, 6.45) is 6.28. The smallest absolute Gasteiger partial charge is 0.341 e. The van der Waals surface area contributed by atoms with E-state index in [0.717, 1.165) is 32.0 Å². The number of aromatic nitrogens is 4. The van der Waals surface area contributed by atoms with E-state index in [0.29, 0.717) is 51.5 Å². The number of aromatic amines is 1. The third-order valence-electron chi connectivity index (χ3n) is 8.98. The van der Waals surface area contributed by atoms with Gasteiger partial charge in [0.15, 0.2) is 17.3 Å². The number of carboxylic acid groups (broad SMARTS) is 1. The van der Waals surface area contributed by atoms with E-state index in [9.17, 15) is 19.1 Å². The first-order chi connectivity index (χ1) is 20.7. The number of carboxylic acids is 1. The van der Waals surface area contributed by atoms with Gasteiger partial charge in [0, 0.05) is 69.0 Å². The Morgan fingerprint density at radius 3 is 2.67 bits per heavy atom. The summed E-state index contributed by atoms with van der Waals surface area (Å²) in [7, 11) is 5.35. The van der Waals surface area contributed by atoms with Crippen molar-refractivity contribution in [1.29, 1.82) is 0 Å². The van der Waals surface area contributed by atoms with Crippen molar-refractivity contribution in [2.75, 3.05) is 56.4 Å². The molecule has 2 aliphatic rings. The number of piperidine rings is 1. The summed E-state index contributed by atoms with van der Waals surface area (Å²) in [5.74, 6) is -2.91. The van der Waals surface area contributed by atoms with Gasteiger partial charge in [-0.25, -0.2) is 28.2 Å². The first-order valence-electron chi connectivity index (χ1n) is 14.1. The Bertz CT molecular complexity index is 2020. The van der Waals surface area contributed by atoms with E-state index >= 15 is 4.39 Å². The predicted octanol–water partition coefficient (Wildman–Crippen LogP) is 3.81. The molecule has 0 amide bonds. The highest BCUT2D eigenvalue weighted by molar-refractivity contribution is 6.18. The molecular weight excluding hydrogens is 558 g/mol. The minimum Gasteiger partial charge on any atom is -0.477 e. The molecule has 7 rings (SSSR count). The molecule has 0 saturated carbocycles. The van der Waals surface area contributed by atoms with Crippen molar-refractivity contribution in [2.24, 2.45) is 5.92 Å². The van der Waals surface area contributed by atoms with E-state index in [1.807, 2.05) is 0 Å². The van der Waals surface area contributed by atoms with Gasteiger partial charge in [-0.2, -0.15) is 0 Å². The highest BCUT2D eigenvalue weighted by atomic mass is 19.2. The number of likely N-dealkylation sites (tertiary alicyclic amines) is 1. The number of pyridine rings is 3. The first kappa shape index (κ1) is 27.1. The van der Waals surface area contributed by atoms with Crippen LogP contribution in [0.15, 0.2) is 35.5 Å². The Hall–Kier alpha value is -4.78. The predicted molar refractivity (Wildman–Crippen MR) is 162 cm³/mol. The normalized spacial score (nSPS) is 19.0. The Labute approximate surface area is 244 Å². The van der Waals surface area contributed by atoms with Crippen LogP contribution in [0, 0.1) is 17.6 Å². The molecule has 13 heteroatoms. The van der Waals surface area contributed by atoms with E-state index in [1.165, 1.54) is 10.9 Å². The maximum Gasteiger partial charge on any atom is 0.341 e. The number of H-pyrrole nitrogens is 1. The third-order valence-corrected chi connectivity index (χ3v) is 8.98. The highest BCUT2D eigenvalue weighted by Gasteiger charge is 2.40. The molecule has 6 heterocycles. The molecule has 2 fully saturated rings. The molecule has 0 aliphatic carbocycles. The van der Waals surface area contributed by atoms with Crippen LogP contribution in [-0.4, -0.2) is 82.4 Å². The maximum absolute atomic E-state index is 15.7. The van der Waals surface area contributed by atoms with Crippen LogP contribution in [0.1, 0.15) is 23.2 Å². The lowest BCUT2D eigenvalue weighted by atomic mass is 9.92. The van der Waals surface area contributed by atoms with Crippen LogP contribution in [0.5, 0.6) is 0 Å². The van der Waals surface area contributed by atoms with Gasteiger partial charge < -0.3 is 30.6 Å². The average molecular weight is 589 g/mol. The Morgan fingerprint density at radius 1 is 1.12 bits per heavy atom. The van der Waals surface area contributed by atoms with Crippen molar-refractivity contribution >= 4 is 50.3 Å². The summed E-state index contributed by atoms with van der Waals surface area (Å²) in [5, 5.41) is 13.3. The Kier molecular flexibility index (Phi) is 6.24. The van der Waals surface area contributed by atoms with E-state index in [1.54, 1.807) is 32.6 Å². The van der Waals surface area contributed by atoms with Gasteiger partial charge in [-0.3, -0.25) is 4.79 Å². The molecule has 2 atom stereocenters. The molecule has 2 unspecified atom stereocenters. The lowest BCUT2D eigenvalue weighted by Crippen LogP contribution is -2.44. The van der Waals surface area contributed by atoms with Crippen molar-refractivity contribution in [3.05, 3.63) is 58.1 Å². The van der Waals surface area contributed by atoms with E-state index in [-0.39, 0.29) is 22.5 Å².